The maximum absolute atomic E-state index is 15.1. The molecule has 1 N–H and O–H groups in total. The van der Waals surface area contributed by atoms with E-state index < -0.39 is 45.8 Å². The second-order valence-corrected chi connectivity index (χ2v) is 12.2. The van der Waals surface area contributed by atoms with Gasteiger partial charge in [0.15, 0.2) is 5.75 Å². The minimum absolute atomic E-state index is 0.000709. The summed E-state index contributed by atoms with van der Waals surface area (Å²) in [6, 6.07) is 10.3. The van der Waals surface area contributed by atoms with Crippen molar-refractivity contribution in [2.75, 3.05) is 19.5 Å². The molecule has 236 valence electrons. The van der Waals surface area contributed by atoms with E-state index in [2.05, 4.69) is 5.32 Å². The second-order valence-electron chi connectivity index (χ2n) is 11.8. The number of hydrogen-bond acceptors (Lipinski definition) is 9. The zero-order valence-electron chi connectivity index (χ0n) is 25.8. The van der Waals surface area contributed by atoms with Crippen molar-refractivity contribution in [3.8, 4) is 17.2 Å². The first-order valence-electron chi connectivity index (χ1n) is 14.5. The van der Waals surface area contributed by atoms with Crippen molar-refractivity contribution in [3.05, 3.63) is 101 Å². The Balaban J connectivity index is 1.54. The molecule has 12 nitrogen and oxygen atoms in total. The summed E-state index contributed by atoms with van der Waals surface area (Å²) >= 11 is 6.63. The predicted octanol–water partition coefficient (Wildman–Crippen LogP) is 3.04. The van der Waals surface area contributed by atoms with Gasteiger partial charge in [0, 0.05) is 50.0 Å². The van der Waals surface area contributed by atoms with Crippen LogP contribution in [0.15, 0.2) is 62.1 Å². The van der Waals surface area contributed by atoms with Crippen molar-refractivity contribution in [2.24, 2.45) is 27.1 Å². The molecule has 2 aliphatic heterocycles. The van der Waals surface area contributed by atoms with Gasteiger partial charge in [-0.15, -0.1) is 0 Å². The topological polar surface area (TPSA) is 140 Å². The van der Waals surface area contributed by atoms with Crippen molar-refractivity contribution in [3.63, 3.8) is 0 Å². The lowest BCUT2D eigenvalue weighted by Crippen LogP contribution is -2.58. The first-order valence-corrected chi connectivity index (χ1v) is 14.9. The standard InChI is InChI=1S/C33H29ClN4O8/c1-14-11-17-22(27(39)33(14)28(40)23-19(44-5)13-20(45-6)25(34)26(23)46-33)21(24-29(35-17)37(3)32(43)38(4)31(24)42)16-12-15-9-7-8-10-18(15)36(2)30(16)41/h7-10,12-14,21,35H,11H2,1-6H3/t14-,21-,33+/m1/s1. The summed E-state index contributed by atoms with van der Waals surface area (Å²) in [6.07, 6.45) is 0.102. The molecule has 2 aromatic carbocycles. The smallest absolute Gasteiger partial charge is 0.332 e. The molecule has 7 rings (SSSR count). The molecule has 2 aromatic heterocycles. The molecule has 3 atom stereocenters. The molecule has 0 radical (unpaired) electrons. The number of allylic oxidation sites excluding steroid dienone is 1. The number of nitrogens with one attached hydrogen (secondary N) is 1. The summed E-state index contributed by atoms with van der Waals surface area (Å²) in [5, 5.41) is 3.86. The van der Waals surface area contributed by atoms with E-state index in [0.717, 1.165) is 4.57 Å². The lowest BCUT2D eigenvalue weighted by atomic mass is 9.66. The lowest BCUT2D eigenvalue weighted by molar-refractivity contribution is -0.130. The zero-order valence-corrected chi connectivity index (χ0v) is 26.6. The molecular formula is C33H29ClN4O8. The molecule has 4 aromatic rings. The van der Waals surface area contributed by atoms with Crippen molar-refractivity contribution in [1.82, 2.24) is 13.7 Å². The summed E-state index contributed by atoms with van der Waals surface area (Å²) in [7, 11) is 7.23. The maximum atomic E-state index is 15.1. The Morgan fingerprint density at radius 1 is 0.913 bits per heavy atom. The molecule has 1 aliphatic carbocycles. The lowest BCUT2D eigenvalue weighted by Gasteiger charge is -2.42. The van der Waals surface area contributed by atoms with Gasteiger partial charge in [-0.05, 0) is 23.9 Å². The van der Waals surface area contributed by atoms with Crippen LogP contribution in [0.25, 0.3) is 10.9 Å². The fourth-order valence-electron chi connectivity index (χ4n) is 7.15. The third kappa shape index (κ3) is 3.58. The van der Waals surface area contributed by atoms with Crippen LogP contribution < -0.4 is 36.3 Å². The summed E-state index contributed by atoms with van der Waals surface area (Å²) in [5.41, 5.74) is -2.61. The van der Waals surface area contributed by atoms with Crippen molar-refractivity contribution >= 4 is 39.9 Å². The number of hydrogen-bond donors (Lipinski definition) is 1. The highest BCUT2D eigenvalue weighted by molar-refractivity contribution is 6.36. The van der Waals surface area contributed by atoms with Gasteiger partial charge in [-0.25, -0.2) is 4.79 Å². The largest absolute Gasteiger partial charge is 0.496 e. The molecule has 46 heavy (non-hydrogen) atoms. The Kier molecular flexibility index (Phi) is 6.40. The van der Waals surface area contributed by atoms with E-state index in [1.54, 1.807) is 32.2 Å². The van der Waals surface area contributed by atoms with Crippen LogP contribution in [0.1, 0.15) is 40.7 Å². The van der Waals surface area contributed by atoms with Crippen LogP contribution in [-0.4, -0.2) is 45.1 Å². The Morgan fingerprint density at radius 3 is 2.30 bits per heavy atom. The van der Waals surface area contributed by atoms with Crippen LogP contribution in [0.2, 0.25) is 5.02 Å². The number of carbonyl (C=O) groups excluding carboxylic acids is 2. The minimum atomic E-state index is -2.09. The van der Waals surface area contributed by atoms with Gasteiger partial charge in [-0.1, -0.05) is 36.7 Å². The number of Topliss-reactive ketones (excluding diaryl/α,β-unsaturated/α-hetero) is 2. The Morgan fingerprint density at radius 2 is 1.61 bits per heavy atom. The molecule has 0 amide bonds. The average Bonchev–Trinajstić information content (AvgIpc) is 3.37. The molecule has 3 aliphatic rings. The number of rotatable bonds is 3. The molecule has 0 unspecified atom stereocenters. The Labute approximate surface area is 266 Å². The van der Waals surface area contributed by atoms with Gasteiger partial charge in [0.05, 0.1) is 31.2 Å². The number of aryl methyl sites for hydroxylation is 1. The number of aromatic nitrogens is 3. The molecule has 1 spiro atoms. The van der Waals surface area contributed by atoms with Crippen LogP contribution in [0.5, 0.6) is 17.2 Å². The number of halogens is 1. The minimum Gasteiger partial charge on any atom is -0.496 e. The van der Waals surface area contributed by atoms with Crippen molar-refractivity contribution < 1.29 is 23.8 Å². The number of anilines is 1. The van der Waals surface area contributed by atoms with Crippen molar-refractivity contribution in [2.45, 2.75) is 24.9 Å². The third-order valence-electron chi connectivity index (χ3n) is 9.55. The number of benzene rings is 2. The normalized spacial score (nSPS) is 21.5. The number of carbonyl (C=O) groups is 2. The third-order valence-corrected chi connectivity index (χ3v) is 9.91. The summed E-state index contributed by atoms with van der Waals surface area (Å²) in [4.78, 5) is 70.7. The first kappa shape index (κ1) is 29.6. The average molecular weight is 645 g/mol. The summed E-state index contributed by atoms with van der Waals surface area (Å²) in [6.45, 7) is 1.70. The van der Waals surface area contributed by atoms with E-state index >= 15 is 4.79 Å². The number of pyridine rings is 1. The van der Waals surface area contributed by atoms with E-state index in [1.165, 1.54) is 43.5 Å². The van der Waals surface area contributed by atoms with Gasteiger partial charge < -0.3 is 24.1 Å². The van der Waals surface area contributed by atoms with Crippen LogP contribution in [-0.2, 0) is 25.9 Å². The fourth-order valence-corrected chi connectivity index (χ4v) is 7.42. The van der Waals surface area contributed by atoms with E-state index in [4.69, 9.17) is 25.8 Å². The number of para-hydroxylation sites is 1. The molecular weight excluding hydrogens is 616 g/mol. The SMILES string of the molecule is COc1cc(OC)c2c(c1Cl)O[C@@]1(C(=O)C3=C(C[C@H]1C)Nc1c(c(=O)n(C)c(=O)n1C)[C@@H]3c1cc3ccccc3n(C)c1=O)C2=O. The zero-order chi connectivity index (χ0) is 33.0. The highest BCUT2D eigenvalue weighted by Gasteiger charge is 2.64. The van der Waals surface area contributed by atoms with Gasteiger partial charge in [-0.3, -0.25) is 28.3 Å². The number of ketones is 2. The van der Waals surface area contributed by atoms with Crippen LogP contribution in [0, 0.1) is 5.92 Å². The molecule has 0 saturated carbocycles. The van der Waals surface area contributed by atoms with Gasteiger partial charge >= 0.3 is 5.69 Å². The molecule has 4 heterocycles. The highest BCUT2D eigenvalue weighted by Crippen LogP contribution is 2.56. The number of nitrogens with zero attached hydrogens (tertiary/aromatic N) is 3. The van der Waals surface area contributed by atoms with Gasteiger partial charge in [-0.2, -0.15) is 0 Å². The highest BCUT2D eigenvalue weighted by atomic mass is 35.5. The molecule has 0 saturated heterocycles. The van der Waals surface area contributed by atoms with Gasteiger partial charge in [0.1, 0.15) is 27.9 Å². The number of methoxy groups -OCH3 is 2. The second kappa shape index (κ2) is 9.95. The predicted molar refractivity (Wildman–Crippen MR) is 170 cm³/mol. The van der Waals surface area contributed by atoms with E-state index in [0.29, 0.717) is 16.6 Å². The van der Waals surface area contributed by atoms with E-state index in [9.17, 15) is 19.2 Å². The van der Waals surface area contributed by atoms with Crippen LogP contribution in [0.4, 0.5) is 5.82 Å². The van der Waals surface area contributed by atoms with Crippen molar-refractivity contribution in [1.29, 1.82) is 0 Å². The molecule has 0 bridgehead atoms. The van der Waals surface area contributed by atoms with Crippen LogP contribution in [0.3, 0.4) is 0 Å². The van der Waals surface area contributed by atoms with Gasteiger partial charge in [0.2, 0.25) is 17.2 Å². The summed E-state index contributed by atoms with van der Waals surface area (Å²) in [5.74, 6) is -2.95. The molecule has 0 fully saturated rings. The Bertz CT molecular complexity index is 2300. The first-order chi connectivity index (χ1) is 21.9. The number of fused-ring (bicyclic) bond motifs is 3. The summed E-state index contributed by atoms with van der Waals surface area (Å²) < 4.78 is 20.9. The van der Waals surface area contributed by atoms with E-state index in [1.807, 2.05) is 12.1 Å². The fraction of sp³-hybridized carbons (Fsp3) is 0.303. The maximum Gasteiger partial charge on any atom is 0.332 e. The quantitative estimate of drug-likeness (QED) is 0.333. The van der Waals surface area contributed by atoms with E-state index in [-0.39, 0.29) is 56.8 Å². The number of ether oxygens (including phenoxy) is 3. The molecule has 13 heteroatoms. The van der Waals surface area contributed by atoms with Crippen LogP contribution >= 0.6 is 11.6 Å². The monoisotopic (exact) mass is 644 g/mol. The Hall–Kier alpha value is -5.10. The van der Waals surface area contributed by atoms with Gasteiger partial charge in [0.25, 0.3) is 11.1 Å².